The number of thiophene rings is 1. The number of amides is 1. The zero-order valence-electron chi connectivity index (χ0n) is 8.32. The molecular weight excluding hydrogens is 196 g/mol. The van der Waals surface area contributed by atoms with Crippen molar-refractivity contribution in [2.24, 2.45) is 5.73 Å². The summed E-state index contributed by atoms with van der Waals surface area (Å²) in [5.41, 5.74) is 6.74. The standard InChI is InChI=1S/C10H16N2OS/c1-8(11)10(13)12-5-2-3-9-4-6-14-7-9/h4,6-8H,2-3,5,11H2,1H3,(H,12,13). The first-order valence-corrected chi connectivity index (χ1v) is 5.69. The molecule has 0 aliphatic rings. The van der Waals surface area contributed by atoms with Gasteiger partial charge in [-0.2, -0.15) is 11.3 Å². The summed E-state index contributed by atoms with van der Waals surface area (Å²) in [6.07, 6.45) is 1.98. The highest BCUT2D eigenvalue weighted by atomic mass is 32.1. The molecule has 0 fully saturated rings. The summed E-state index contributed by atoms with van der Waals surface area (Å²) in [7, 11) is 0. The number of rotatable bonds is 5. The molecule has 4 heteroatoms. The smallest absolute Gasteiger partial charge is 0.236 e. The van der Waals surface area contributed by atoms with Crippen molar-refractivity contribution in [2.75, 3.05) is 6.54 Å². The number of nitrogens with two attached hydrogens (primary N) is 1. The molecule has 1 aromatic heterocycles. The van der Waals surface area contributed by atoms with E-state index in [1.54, 1.807) is 18.3 Å². The maximum absolute atomic E-state index is 11.1. The molecule has 0 aliphatic heterocycles. The molecule has 1 unspecified atom stereocenters. The van der Waals surface area contributed by atoms with Crippen molar-refractivity contribution >= 4 is 17.2 Å². The third-order valence-electron chi connectivity index (χ3n) is 1.94. The fourth-order valence-electron chi connectivity index (χ4n) is 1.10. The predicted octanol–water partition coefficient (Wildman–Crippen LogP) is 1.14. The van der Waals surface area contributed by atoms with Crippen molar-refractivity contribution < 1.29 is 4.79 Å². The monoisotopic (exact) mass is 212 g/mol. The molecule has 0 bridgehead atoms. The van der Waals surface area contributed by atoms with Gasteiger partial charge in [-0.1, -0.05) is 0 Å². The van der Waals surface area contributed by atoms with Gasteiger partial charge in [-0.05, 0) is 42.2 Å². The normalized spacial score (nSPS) is 12.4. The van der Waals surface area contributed by atoms with Gasteiger partial charge in [-0.3, -0.25) is 4.79 Å². The molecule has 1 rings (SSSR count). The van der Waals surface area contributed by atoms with Crippen LogP contribution in [0.25, 0.3) is 0 Å². The summed E-state index contributed by atoms with van der Waals surface area (Å²) in [5.74, 6) is -0.0738. The summed E-state index contributed by atoms with van der Waals surface area (Å²) in [5, 5.41) is 6.98. The Hall–Kier alpha value is -0.870. The van der Waals surface area contributed by atoms with Crippen LogP contribution in [0.3, 0.4) is 0 Å². The van der Waals surface area contributed by atoms with E-state index in [9.17, 15) is 4.79 Å². The largest absolute Gasteiger partial charge is 0.355 e. The molecule has 0 saturated heterocycles. The summed E-state index contributed by atoms with van der Waals surface area (Å²) in [4.78, 5) is 11.1. The maximum atomic E-state index is 11.1. The van der Waals surface area contributed by atoms with E-state index in [-0.39, 0.29) is 5.91 Å². The second-order valence-corrected chi connectivity index (χ2v) is 4.09. The molecule has 3 nitrogen and oxygen atoms in total. The van der Waals surface area contributed by atoms with Gasteiger partial charge in [0.2, 0.25) is 5.91 Å². The second-order valence-electron chi connectivity index (χ2n) is 3.31. The van der Waals surface area contributed by atoms with Crippen molar-refractivity contribution in [3.63, 3.8) is 0 Å². The Labute approximate surface area is 88.3 Å². The Morgan fingerprint density at radius 2 is 2.50 bits per heavy atom. The molecule has 1 atom stereocenters. The Morgan fingerprint density at radius 3 is 3.07 bits per heavy atom. The topological polar surface area (TPSA) is 55.1 Å². The van der Waals surface area contributed by atoms with Gasteiger partial charge in [-0.15, -0.1) is 0 Å². The van der Waals surface area contributed by atoms with Crippen LogP contribution in [-0.4, -0.2) is 18.5 Å². The molecule has 78 valence electrons. The van der Waals surface area contributed by atoms with E-state index in [0.29, 0.717) is 6.54 Å². The number of hydrogen-bond donors (Lipinski definition) is 2. The second kappa shape index (κ2) is 5.78. The fourth-order valence-corrected chi connectivity index (χ4v) is 1.80. The number of hydrogen-bond acceptors (Lipinski definition) is 3. The minimum Gasteiger partial charge on any atom is -0.355 e. The van der Waals surface area contributed by atoms with Crippen LogP contribution in [0.15, 0.2) is 16.8 Å². The molecule has 0 radical (unpaired) electrons. The van der Waals surface area contributed by atoms with Crippen LogP contribution in [0.2, 0.25) is 0 Å². The number of carbonyl (C=O) groups excluding carboxylic acids is 1. The lowest BCUT2D eigenvalue weighted by atomic mass is 10.2. The van der Waals surface area contributed by atoms with E-state index in [4.69, 9.17) is 5.73 Å². The molecule has 0 aromatic carbocycles. The highest BCUT2D eigenvalue weighted by Crippen LogP contribution is 2.07. The van der Waals surface area contributed by atoms with Crippen molar-refractivity contribution in [3.05, 3.63) is 22.4 Å². The van der Waals surface area contributed by atoms with Gasteiger partial charge in [0.1, 0.15) is 0 Å². The summed E-state index contributed by atoms with van der Waals surface area (Å²) < 4.78 is 0. The van der Waals surface area contributed by atoms with Crippen LogP contribution in [0.4, 0.5) is 0 Å². The first-order valence-electron chi connectivity index (χ1n) is 4.74. The zero-order chi connectivity index (χ0) is 10.4. The van der Waals surface area contributed by atoms with Gasteiger partial charge in [0.15, 0.2) is 0 Å². The third-order valence-corrected chi connectivity index (χ3v) is 2.67. The first-order chi connectivity index (χ1) is 6.70. The van der Waals surface area contributed by atoms with Gasteiger partial charge in [0.25, 0.3) is 0 Å². The molecule has 1 aromatic rings. The van der Waals surface area contributed by atoms with E-state index in [2.05, 4.69) is 22.1 Å². The van der Waals surface area contributed by atoms with Crippen LogP contribution < -0.4 is 11.1 Å². The van der Waals surface area contributed by atoms with Crippen molar-refractivity contribution in [1.29, 1.82) is 0 Å². The van der Waals surface area contributed by atoms with E-state index in [0.717, 1.165) is 12.8 Å². The SMILES string of the molecule is CC(N)C(=O)NCCCc1ccsc1. The highest BCUT2D eigenvalue weighted by Gasteiger charge is 2.04. The number of nitrogens with one attached hydrogen (secondary N) is 1. The van der Waals surface area contributed by atoms with Crippen LogP contribution in [-0.2, 0) is 11.2 Å². The fraction of sp³-hybridized carbons (Fsp3) is 0.500. The zero-order valence-corrected chi connectivity index (χ0v) is 9.14. The van der Waals surface area contributed by atoms with E-state index in [1.807, 2.05) is 0 Å². The minimum atomic E-state index is -0.406. The highest BCUT2D eigenvalue weighted by molar-refractivity contribution is 7.07. The number of carbonyl (C=O) groups is 1. The molecule has 1 amide bonds. The van der Waals surface area contributed by atoms with Crippen LogP contribution >= 0.6 is 11.3 Å². The summed E-state index contributed by atoms with van der Waals surface area (Å²) >= 11 is 1.70. The maximum Gasteiger partial charge on any atom is 0.236 e. The average Bonchev–Trinajstić information content (AvgIpc) is 2.64. The van der Waals surface area contributed by atoms with Crippen molar-refractivity contribution in [2.45, 2.75) is 25.8 Å². The molecular formula is C10H16N2OS. The average molecular weight is 212 g/mol. The Bertz CT molecular complexity index is 270. The van der Waals surface area contributed by atoms with Crippen LogP contribution in [0, 0.1) is 0 Å². The van der Waals surface area contributed by atoms with Gasteiger partial charge in [-0.25, -0.2) is 0 Å². The molecule has 3 N–H and O–H groups in total. The Balaban J connectivity index is 2.08. The van der Waals surface area contributed by atoms with E-state index < -0.39 is 6.04 Å². The van der Waals surface area contributed by atoms with E-state index >= 15 is 0 Å². The van der Waals surface area contributed by atoms with Gasteiger partial charge < -0.3 is 11.1 Å². The Kier molecular flexibility index (Phi) is 4.62. The lowest BCUT2D eigenvalue weighted by Gasteiger charge is -2.06. The molecule has 0 aliphatic carbocycles. The van der Waals surface area contributed by atoms with Crippen molar-refractivity contribution in [1.82, 2.24) is 5.32 Å². The summed E-state index contributed by atoms with van der Waals surface area (Å²) in [6.45, 7) is 2.39. The predicted molar refractivity (Wildman–Crippen MR) is 59.3 cm³/mol. The molecule has 14 heavy (non-hydrogen) atoms. The minimum absolute atomic E-state index is 0.0738. The van der Waals surface area contributed by atoms with E-state index in [1.165, 1.54) is 5.56 Å². The van der Waals surface area contributed by atoms with Gasteiger partial charge in [0, 0.05) is 6.54 Å². The third kappa shape index (κ3) is 3.89. The van der Waals surface area contributed by atoms with Gasteiger partial charge >= 0.3 is 0 Å². The van der Waals surface area contributed by atoms with Crippen molar-refractivity contribution in [3.8, 4) is 0 Å². The van der Waals surface area contributed by atoms with Crippen LogP contribution in [0.1, 0.15) is 18.9 Å². The lowest BCUT2D eigenvalue weighted by Crippen LogP contribution is -2.38. The quantitative estimate of drug-likeness (QED) is 0.719. The summed E-state index contributed by atoms with van der Waals surface area (Å²) in [6, 6.07) is 1.70. The molecule has 1 heterocycles. The molecule has 0 saturated carbocycles. The lowest BCUT2D eigenvalue weighted by molar-refractivity contribution is -0.121. The molecule has 0 spiro atoms. The van der Waals surface area contributed by atoms with Gasteiger partial charge in [0.05, 0.1) is 6.04 Å². The Morgan fingerprint density at radius 1 is 1.71 bits per heavy atom. The van der Waals surface area contributed by atoms with Crippen LogP contribution in [0.5, 0.6) is 0 Å². The number of aryl methyl sites for hydroxylation is 1. The first kappa shape index (κ1) is 11.2.